The van der Waals surface area contributed by atoms with E-state index in [1.807, 2.05) is 0 Å². The average molecular weight is 539 g/mol. The second-order valence-corrected chi connectivity index (χ2v) is 8.91. The number of hydrogen-bond donors (Lipinski definition) is 3. The molecular weight excluding hydrogens is 511 g/mol. The summed E-state index contributed by atoms with van der Waals surface area (Å²) in [5.74, 6) is 0.631. The van der Waals surface area contributed by atoms with Gasteiger partial charge in [-0.2, -0.15) is 0 Å². The number of ether oxygens (including phenoxy) is 1. The molecule has 1 heterocycles. The van der Waals surface area contributed by atoms with Crippen molar-refractivity contribution in [2.75, 3.05) is 39.9 Å². The van der Waals surface area contributed by atoms with Gasteiger partial charge >= 0.3 is 0 Å². The summed E-state index contributed by atoms with van der Waals surface area (Å²) < 4.78 is 32.7. The van der Waals surface area contributed by atoms with Crippen molar-refractivity contribution in [3.05, 3.63) is 16.5 Å². The Labute approximate surface area is 182 Å². The lowest BCUT2D eigenvalue weighted by molar-refractivity contribution is 0.129. The van der Waals surface area contributed by atoms with Crippen molar-refractivity contribution in [1.29, 1.82) is 0 Å². The van der Waals surface area contributed by atoms with Crippen LogP contribution in [0.4, 0.5) is 0 Å². The highest BCUT2D eigenvalue weighted by Gasteiger charge is 2.15. The van der Waals surface area contributed by atoms with Crippen LogP contribution in [0.2, 0.25) is 4.34 Å². The first-order valence-electron chi connectivity index (χ1n) is 8.27. The third kappa shape index (κ3) is 10.9. The topological polar surface area (TPSA) is 91.8 Å². The van der Waals surface area contributed by atoms with Crippen LogP contribution in [0.5, 0.6) is 0 Å². The van der Waals surface area contributed by atoms with E-state index in [1.165, 1.54) is 6.07 Å². The van der Waals surface area contributed by atoms with Gasteiger partial charge in [0.05, 0.1) is 4.34 Å². The van der Waals surface area contributed by atoms with E-state index < -0.39 is 10.0 Å². The Morgan fingerprint density at radius 3 is 2.50 bits per heavy atom. The quantitative estimate of drug-likeness (QED) is 0.165. The Kier molecular flexibility index (Phi) is 14.8. The smallest absolute Gasteiger partial charge is 0.250 e. The number of hydrogen-bond acceptors (Lipinski definition) is 5. The Bertz CT molecular complexity index is 626. The van der Waals surface area contributed by atoms with Crippen LogP contribution in [-0.4, -0.2) is 54.3 Å². The molecule has 0 aliphatic rings. The highest BCUT2D eigenvalue weighted by Crippen LogP contribution is 2.24. The van der Waals surface area contributed by atoms with Gasteiger partial charge in [0.15, 0.2) is 5.96 Å². The summed E-state index contributed by atoms with van der Waals surface area (Å²) in [5.41, 5.74) is 0. The van der Waals surface area contributed by atoms with E-state index in [2.05, 4.69) is 27.3 Å². The number of guanidine groups is 1. The Morgan fingerprint density at radius 2 is 1.88 bits per heavy atom. The third-order valence-corrected chi connectivity index (χ3v) is 6.33. The molecule has 0 saturated heterocycles. The van der Waals surface area contributed by atoms with Crippen molar-refractivity contribution in [3.8, 4) is 0 Å². The fourth-order valence-corrected chi connectivity index (χ4v) is 4.39. The molecule has 0 aliphatic carbocycles. The first kappa shape index (κ1) is 25.9. The molecule has 3 N–H and O–H groups in total. The standard InChI is InChI=1S/C15H27ClN4O3S2.HI/c1-3-4-11-23-12-5-8-18-15(17-2)19-9-10-20-25(21,22)14-7-6-13(16)24-14;/h6-7,20H,3-5,8-12H2,1-2H3,(H2,17,18,19);1H. The maximum absolute atomic E-state index is 12.0. The number of unbranched alkanes of at least 4 members (excludes halogenated alkanes) is 1. The number of aliphatic imine (C=N–C) groups is 1. The number of halogens is 2. The van der Waals surface area contributed by atoms with Crippen molar-refractivity contribution in [3.63, 3.8) is 0 Å². The van der Waals surface area contributed by atoms with Gasteiger partial charge in [-0.3, -0.25) is 4.99 Å². The number of nitrogens with one attached hydrogen (secondary N) is 3. The summed E-state index contributed by atoms with van der Waals surface area (Å²) in [7, 11) is -1.84. The van der Waals surface area contributed by atoms with E-state index >= 15 is 0 Å². The van der Waals surface area contributed by atoms with Crippen molar-refractivity contribution in [1.82, 2.24) is 15.4 Å². The lowest BCUT2D eigenvalue weighted by Crippen LogP contribution is -2.41. The summed E-state index contributed by atoms with van der Waals surface area (Å²) >= 11 is 6.80. The lowest BCUT2D eigenvalue weighted by atomic mass is 10.4. The van der Waals surface area contributed by atoms with Crippen LogP contribution in [0.25, 0.3) is 0 Å². The maximum Gasteiger partial charge on any atom is 0.250 e. The van der Waals surface area contributed by atoms with Crippen molar-refractivity contribution in [2.45, 2.75) is 30.4 Å². The number of nitrogens with zero attached hydrogens (tertiary/aromatic N) is 1. The molecule has 0 spiro atoms. The maximum atomic E-state index is 12.0. The zero-order chi connectivity index (χ0) is 18.5. The molecule has 0 radical (unpaired) electrons. The number of thiophene rings is 1. The van der Waals surface area contributed by atoms with E-state index in [9.17, 15) is 8.42 Å². The minimum absolute atomic E-state index is 0. The van der Waals surface area contributed by atoms with E-state index in [4.69, 9.17) is 16.3 Å². The van der Waals surface area contributed by atoms with Crippen LogP contribution in [0, 0.1) is 0 Å². The van der Waals surface area contributed by atoms with E-state index in [1.54, 1.807) is 13.1 Å². The van der Waals surface area contributed by atoms with Crippen molar-refractivity contribution < 1.29 is 13.2 Å². The summed E-state index contributed by atoms with van der Waals surface area (Å²) in [4.78, 5) is 4.09. The van der Waals surface area contributed by atoms with Gasteiger partial charge in [-0.05, 0) is 25.0 Å². The Balaban J connectivity index is 0.00000625. The molecule has 1 aromatic rings. The SMILES string of the molecule is CCCCOCCCNC(=NC)NCCNS(=O)(=O)c1ccc(Cl)s1.I. The van der Waals surface area contributed by atoms with Crippen molar-refractivity contribution in [2.24, 2.45) is 4.99 Å². The van der Waals surface area contributed by atoms with Gasteiger partial charge in [0.25, 0.3) is 0 Å². The molecule has 0 atom stereocenters. The van der Waals surface area contributed by atoms with Crippen LogP contribution in [0.15, 0.2) is 21.3 Å². The van der Waals surface area contributed by atoms with Gasteiger partial charge in [0, 0.05) is 39.9 Å². The monoisotopic (exact) mass is 538 g/mol. The zero-order valence-corrected chi connectivity index (χ0v) is 19.8. The van der Waals surface area contributed by atoms with Gasteiger partial charge in [0.2, 0.25) is 10.0 Å². The van der Waals surface area contributed by atoms with E-state index in [0.717, 1.165) is 43.8 Å². The second kappa shape index (κ2) is 14.9. The molecule has 0 unspecified atom stereocenters. The molecule has 0 fully saturated rings. The van der Waals surface area contributed by atoms with Crippen LogP contribution >= 0.6 is 46.9 Å². The second-order valence-electron chi connectivity index (χ2n) is 5.20. The highest BCUT2D eigenvalue weighted by molar-refractivity contribution is 14.0. The van der Waals surface area contributed by atoms with Crippen molar-refractivity contribution >= 4 is 62.9 Å². The van der Waals surface area contributed by atoms with Crippen LogP contribution < -0.4 is 15.4 Å². The Morgan fingerprint density at radius 1 is 1.19 bits per heavy atom. The molecule has 26 heavy (non-hydrogen) atoms. The van der Waals surface area contributed by atoms with Crippen LogP contribution in [-0.2, 0) is 14.8 Å². The van der Waals surface area contributed by atoms with E-state index in [-0.39, 0.29) is 34.7 Å². The van der Waals surface area contributed by atoms with Gasteiger partial charge in [-0.15, -0.1) is 35.3 Å². The number of rotatable bonds is 12. The van der Waals surface area contributed by atoms with Gasteiger partial charge < -0.3 is 15.4 Å². The first-order chi connectivity index (χ1) is 12.0. The third-order valence-electron chi connectivity index (χ3n) is 3.15. The molecular formula is C15H28ClIN4O3S2. The minimum Gasteiger partial charge on any atom is -0.381 e. The largest absolute Gasteiger partial charge is 0.381 e. The zero-order valence-electron chi connectivity index (χ0n) is 15.1. The Hall–Kier alpha value is -0.140. The fraction of sp³-hybridized carbons (Fsp3) is 0.667. The molecule has 0 amide bonds. The molecule has 0 saturated carbocycles. The molecule has 1 aromatic heterocycles. The molecule has 0 bridgehead atoms. The normalized spacial score (nSPS) is 11.9. The lowest BCUT2D eigenvalue weighted by Gasteiger charge is -2.12. The summed E-state index contributed by atoms with van der Waals surface area (Å²) in [5, 5.41) is 6.22. The summed E-state index contributed by atoms with van der Waals surface area (Å²) in [6.45, 7) is 5.07. The van der Waals surface area contributed by atoms with Crippen LogP contribution in [0.1, 0.15) is 26.2 Å². The highest BCUT2D eigenvalue weighted by atomic mass is 127. The molecule has 0 aromatic carbocycles. The minimum atomic E-state index is -3.51. The molecule has 7 nitrogen and oxygen atoms in total. The van der Waals surface area contributed by atoms with Crippen LogP contribution in [0.3, 0.4) is 0 Å². The number of sulfonamides is 1. The van der Waals surface area contributed by atoms with E-state index in [0.29, 0.717) is 23.4 Å². The predicted molar refractivity (Wildman–Crippen MR) is 120 cm³/mol. The summed E-state index contributed by atoms with van der Waals surface area (Å²) in [6, 6.07) is 3.06. The first-order valence-corrected chi connectivity index (χ1v) is 10.9. The van der Waals surface area contributed by atoms with Gasteiger partial charge in [-0.1, -0.05) is 24.9 Å². The van der Waals surface area contributed by atoms with Gasteiger partial charge in [0.1, 0.15) is 4.21 Å². The molecule has 1 rings (SSSR count). The molecule has 152 valence electrons. The van der Waals surface area contributed by atoms with Gasteiger partial charge in [-0.25, -0.2) is 13.1 Å². The summed E-state index contributed by atoms with van der Waals surface area (Å²) in [6.07, 6.45) is 3.11. The average Bonchev–Trinajstić information content (AvgIpc) is 3.03. The fourth-order valence-electron chi connectivity index (χ4n) is 1.83. The molecule has 11 heteroatoms. The predicted octanol–water partition coefficient (Wildman–Crippen LogP) is 2.67. The molecule has 0 aliphatic heterocycles.